The molecule has 5 aromatic rings. The van der Waals surface area contributed by atoms with Crippen LogP contribution in [0.25, 0.3) is 22.6 Å². The van der Waals surface area contributed by atoms with E-state index < -0.39 is 12.5 Å². The lowest BCUT2D eigenvalue weighted by Gasteiger charge is -2.25. The van der Waals surface area contributed by atoms with Gasteiger partial charge in [-0.3, -0.25) is 4.90 Å². The minimum Gasteiger partial charge on any atom is -0.494 e. The molecule has 0 saturated heterocycles. The van der Waals surface area contributed by atoms with Gasteiger partial charge < -0.3 is 23.5 Å². The zero-order chi connectivity index (χ0) is 35.1. The first-order chi connectivity index (χ1) is 24.2. The maximum Gasteiger partial charge on any atom is 0.461 e. The fourth-order valence-corrected chi connectivity index (χ4v) is 5.96. The molecule has 262 valence electrons. The summed E-state index contributed by atoms with van der Waals surface area (Å²) in [6, 6.07) is 29.6. The molecule has 50 heavy (non-hydrogen) atoms. The van der Waals surface area contributed by atoms with Crippen molar-refractivity contribution in [1.82, 2.24) is 14.5 Å². The summed E-state index contributed by atoms with van der Waals surface area (Å²) in [6.45, 7) is 6.64. The molecule has 0 spiro atoms. The lowest BCUT2D eigenvalue weighted by molar-refractivity contribution is -0.253. The Morgan fingerprint density at radius 3 is 2.26 bits per heavy atom. The Morgan fingerprint density at radius 1 is 0.800 bits per heavy atom. The highest BCUT2D eigenvalue weighted by Crippen LogP contribution is 2.36. The molecule has 0 fully saturated rings. The fourth-order valence-electron chi connectivity index (χ4n) is 5.96. The number of benzene rings is 4. The summed E-state index contributed by atoms with van der Waals surface area (Å²) in [5, 5.41) is 0. The van der Waals surface area contributed by atoms with Crippen LogP contribution in [0.5, 0.6) is 23.0 Å². The van der Waals surface area contributed by atoms with E-state index >= 15 is 0 Å². The summed E-state index contributed by atoms with van der Waals surface area (Å²) in [7, 11) is 0. The SMILES string of the molecule is CCCCn1c(-c2ccccc2)nc(-c2ccc(OCC)cc2)c1CN(Cc1cccc(OC(F)(F)C(F)F)c1)Cc1ccc2c(c1)OCO2. The molecule has 0 unspecified atom stereocenters. The number of unbranched alkanes of at least 4 members (excludes halogenated alkanes) is 1. The standard InChI is InChI=1S/C39H39F4N3O4/c1-3-5-20-46-33(36(29-15-17-31(18-16-29)47-4-2)44-37(46)30-11-7-6-8-12-30)25-45(24-28-14-19-34-35(22-28)49-26-48-34)23-27-10-9-13-32(21-27)50-39(42,43)38(40)41/h6-19,21-22,38H,3-5,20,23-26H2,1-2H3. The number of aromatic nitrogens is 2. The molecule has 0 amide bonds. The van der Waals surface area contributed by atoms with Gasteiger partial charge in [0.15, 0.2) is 11.5 Å². The first kappa shape index (κ1) is 34.8. The van der Waals surface area contributed by atoms with E-state index in [4.69, 9.17) is 19.2 Å². The van der Waals surface area contributed by atoms with Crippen LogP contribution >= 0.6 is 0 Å². The third-order valence-electron chi connectivity index (χ3n) is 8.31. The van der Waals surface area contributed by atoms with E-state index in [1.165, 1.54) is 18.2 Å². The summed E-state index contributed by atoms with van der Waals surface area (Å²) in [6.07, 6.45) is -6.68. The lowest BCUT2D eigenvalue weighted by Crippen LogP contribution is -2.33. The number of rotatable bonds is 16. The van der Waals surface area contributed by atoms with Crippen molar-refractivity contribution in [3.8, 4) is 45.6 Å². The molecule has 6 rings (SSSR count). The van der Waals surface area contributed by atoms with Crippen LogP contribution in [-0.4, -0.2) is 40.4 Å². The highest BCUT2D eigenvalue weighted by atomic mass is 19.3. The Hall–Kier alpha value is -5.03. The molecular formula is C39H39F4N3O4. The molecule has 0 radical (unpaired) electrons. The number of hydrogen-bond acceptors (Lipinski definition) is 6. The van der Waals surface area contributed by atoms with E-state index in [2.05, 4.69) is 21.1 Å². The smallest absolute Gasteiger partial charge is 0.461 e. The van der Waals surface area contributed by atoms with Crippen molar-refractivity contribution in [3.05, 3.63) is 114 Å². The van der Waals surface area contributed by atoms with Gasteiger partial charge in [-0.15, -0.1) is 0 Å². The maximum atomic E-state index is 13.9. The number of alkyl halides is 4. The van der Waals surface area contributed by atoms with Crippen LogP contribution in [0, 0.1) is 0 Å². The maximum absolute atomic E-state index is 13.9. The number of imidazole rings is 1. The molecule has 0 atom stereocenters. The number of nitrogens with zero attached hydrogens (tertiary/aromatic N) is 3. The summed E-state index contributed by atoms with van der Waals surface area (Å²) in [5.41, 5.74) is 5.24. The minimum atomic E-state index is -4.61. The monoisotopic (exact) mass is 689 g/mol. The van der Waals surface area contributed by atoms with Gasteiger partial charge in [0.2, 0.25) is 6.79 Å². The van der Waals surface area contributed by atoms with Crippen LogP contribution < -0.4 is 18.9 Å². The van der Waals surface area contributed by atoms with Crippen molar-refractivity contribution in [1.29, 1.82) is 0 Å². The average Bonchev–Trinajstić information content (AvgIpc) is 3.72. The van der Waals surface area contributed by atoms with Crippen molar-refractivity contribution in [3.63, 3.8) is 0 Å². The summed E-state index contributed by atoms with van der Waals surface area (Å²) in [5.74, 6) is 2.56. The molecule has 1 aromatic heterocycles. The molecule has 7 nitrogen and oxygen atoms in total. The van der Waals surface area contributed by atoms with E-state index in [0.717, 1.165) is 59.0 Å². The minimum absolute atomic E-state index is 0.142. The van der Waals surface area contributed by atoms with E-state index in [-0.39, 0.29) is 19.1 Å². The van der Waals surface area contributed by atoms with Gasteiger partial charge in [-0.25, -0.2) is 4.98 Å². The molecule has 2 heterocycles. The summed E-state index contributed by atoms with van der Waals surface area (Å²) in [4.78, 5) is 7.41. The second kappa shape index (κ2) is 15.7. The normalized spacial score (nSPS) is 12.6. The Morgan fingerprint density at radius 2 is 1.54 bits per heavy atom. The molecule has 0 bridgehead atoms. The van der Waals surface area contributed by atoms with Crippen LogP contribution in [0.3, 0.4) is 0 Å². The lowest BCUT2D eigenvalue weighted by atomic mass is 10.1. The van der Waals surface area contributed by atoms with Crippen LogP contribution in [0.1, 0.15) is 43.5 Å². The predicted octanol–water partition coefficient (Wildman–Crippen LogP) is 9.58. The quantitative estimate of drug-likeness (QED) is 0.0963. The van der Waals surface area contributed by atoms with Crippen molar-refractivity contribution in [2.24, 2.45) is 0 Å². The topological polar surface area (TPSA) is 58.0 Å². The summed E-state index contributed by atoms with van der Waals surface area (Å²) < 4.78 is 77.2. The van der Waals surface area contributed by atoms with E-state index in [1.54, 1.807) is 6.07 Å². The van der Waals surface area contributed by atoms with E-state index in [9.17, 15) is 17.6 Å². The van der Waals surface area contributed by atoms with Crippen molar-refractivity contribution in [2.75, 3.05) is 13.4 Å². The van der Waals surface area contributed by atoms with Crippen LogP contribution in [0.4, 0.5) is 17.6 Å². The molecular weight excluding hydrogens is 650 g/mol. The average molecular weight is 690 g/mol. The van der Waals surface area contributed by atoms with Crippen molar-refractivity contribution in [2.45, 2.75) is 65.4 Å². The fraction of sp³-hybridized carbons (Fsp3) is 0.308. The summed E-state index contributed by atoms with van der Waals surface area (Å²) >= 11 is 0. The Labute approximate surface area is 289 Å². The predicted molar refractivity (Wildman–Crippen MR) is 183 cm³/mol. The third kappa shape index (κ3) is 8.22. The van der Waals surface area contributed by atoms with Crippen LogP contribution in [-0.2, 0) is 26.2 Å². The van der Waals surface area contributed by atoms with Gasteiger partial charge in [0.1, 0.15) is 17.3 Å². The van der Waals surface area contributed by atoms with Crippen molar-refractivity contribution >= 4 is 0 Å². The van der Waals surface area contributed by atoms with Crippen LogP contribution in [0.2, 0.25) is 0 Å². The first-order valence-electron chi connectivity index (χ1n) is 16.7. The molecule has 4 aromatic carbocycles. The van der Waals surface area contributed by atoms with Gasteiger partial charge in [-0.2, -0.15) is 17.6 Å². The molecule has 1 aliphatic heterocycles. The molecule has 11 heteroatoms. The molecule has 0 aliphatic carbocycles. The van der Waals surface area contributed by atoms with Gasteiger partial charge in [0.05, 0.1) is 18.0 Å². The Kier molecular flexibility index (Phi) is 10.9. The molecule has 1 aliphatic rings. The second-order valence-electron chi connectivity index (χ2n) is 12.0. The van der Waals surface area contributed by atoms with Gasteiger partial charge >= 0.3 is 12.5 Å². The second-order valence-corrected chi connectivity index (χ2v) is 12.0. The van der Waals surface area contributed by atoms with E-state index in [1.807, 2.05) is 79.7 Å². The Bertz CT molecular complexity index is 1870. The highest BCUT2D eigenvalue weighted by Gasteiger charge is 2.44. The third-order valence-corrected chi connectivity index (χ3v) is 8.31. The van der Waals surface area contributed by atoms with Gasteiger partial charge in [-0.1, -0.05) is 61.9 Å². The number of fused-ring (bicyclic) bond motifs is 1. The van der Waals surface area contributed by atoms with Gasteiger partial charge in [0.25, 0.3) is 0 Å². The number of halogens is 4. The van der Waals surface area contributed by atoms with Gasteiger partial charge in [0, 0.05) is 37.3 Å². The van der Waals surface area contributed by atoms with E-state index in [0.29, 0.717) is 36.8 Å². The van der Waals surface area contributed by atoms with Gasteiger partial charge in [-0.05, 0) is 73.0 Å². The highest BCUT2D eigenvalue weighted by molar-refractivity contribution is 5.69. The zero-order valence-electron chi connectivity index (χ0n) is 28.0. The van der Waals surface area contributed by atoms with Crippen molar-refractivity contribution < 1.29 is 36.5 Å². The number of ether oxygens (including phenoxy) is 4. The molecule has 0 saturated carbocycles. The van der Waals surface area contributed by atoms with Crippen LogP contribution in [0.15, 0.2) is 97.1 Å². The zero-order valence-corrected chi connectivity index (χ0v) is 28.0. The largest absolute Gasteiger partial charge is 0.494 e. The Balaban J connectivity index is 1.43. The first-order valence-corrected chi connectivity index (χ1v) is 16.7. The molecule has 0 N–H and O–H groups in total. The number of hydrogen-bond donors (Lipinski definition) is 0.